The van der Waals surface area contributed by atoms with E-state index in [1.54, 1.807) is 6.20 Å². The van der Waals surface area contributed by atoms with Gasteiger partial charge in [-0.1, -0.05) is 12.2 Å². The molecule has 0 radical (unpaired) electrons. The third-order valence-corrected chi connectivity index (χ3v) is 10.3. The predicted molar refractivity (Wildman–Crippen MR) is 148 cm³/mol. The summed E-state index contributed by atoms with van der Waals surface area (Å²) >= 11 is 9.50. The smallest absolute Gasteiger partial charge is 0.369 e. The molecule has 3 unspecified atom stereocenters. The second kappa shape index (κ2) is 10.2. The van der Waals surface area contributed by atoms with E-state index in [2.05, 4.69) is 42.2 Å². The molecule has 7 heterocycles. The molecule has 4 aromatic rings. The van der Waals surface area contributed by atoms with Crippen molar-refractivity contribution in [2.45, 2.75) is 56.5 Å². The lowest BCUT2D eigenvalue weighted by molar-refractivity contribution is -0.0454. The molecule has 21 heteroatoms. The van der Waals surface area contributed by atoms with Crippen LogP contribution in [0.2, 0.25) is 0 Å². The van der Waals surface area contributed by atoms with Crippen molar-refractivity contribution in [3.8, 4) is 0 Å². The molecule has 2 fully saturated rings. The summed E-state index contributed by atoms with van der Waals surface area (Å²) < 4.78 is 46.0. The monoisotopic (exact) mass is 643 g/mol. The topological polar surface area (TPSA) is 217 Å². The maximum atomic E-state index is 13.5. The molecule has 1 saturated heterocycles. The summed E-state index contributed by atoms with van der Waals surface area (Å²) in [6, 6.07) is -0.0943. The maximum Gasteiger partial charge on any atom is 0.386 e. The van der Waals surface area contributed by atoms with E-state index < -0.39 is 37.5 Å². The minimum Gasteiger partial charge on any atom is -0.369 e. The van der Waals surface area contributed by atoms with Gasteiger partial charge in [0.05, 0.1) is 31.3 Å². The van der Waals surface area contributed by atoms with Gasteiger partial charge in [0.25, 0.3) is 5.56 Å². The van der Waals surface area contributed by atoms with Gasteiger partial charge in [-0.2, -0.15) is 4.98 Å². The second-order valence-corrected chi connectivity index (χ2v) is 15.5. The number of nitrogens with two attached hydrogens (primary N) is 1. The number of nitrogen functional groups attached to an aromatic ring is 1. The van der Waals surface area contributed by atoms with Crippen LogP contribution in [0.5, 0.6) is 0 Å². The number of hydrogen-bond acceptors (Lipinski definition) is 14. The largest absolute Gasteiger partial charge is 0.386 e. The number of imidazole rings is 2. The first-order chi connectivity index (χ1) is 19.6. The van der Waals surface area contributed by atoms with Crippen molar-refractivity contribution in [1.29, 1.82) is 0 Å². The van der Waals surface area contributed by atoms with E-state index in [9.17, 15) is 14.3 Å². The Labute approximate surface area is 240 Å². The van der Waals surface area contributed by atoms with Crippen LogP contribution < -0.4 is 11.3 Å². The summed E-state index contributed by atoms with van der Waals surface area (Å²) in [5.41, 5.74) is 6.45. The minimum atomic E-state index is -4.03. The van der Waals surface area contributed by atoms with Crippen LogP contribution in [0.4, 0.5) is 5.95 Å². The van der Waals surface area contributed by atoms with Crippen LogP contribution in [0.1, 0.15) is 37.4 Å². The third kappa shape index (κ3) is 5.24. The van der Waals surface area contributed by atoms with Crippen LogP contribution in [0.25, 0.3) is 22.3 Å². The highest BCUT2D eigenvalue weighted by Crippen LogP contribution is 2.58. The van der Waals surface area contributed by atoms with Gasteiger partial charge in [0, 0.05) is 12.5 Å². The fourth-order valence-corrected chi connectivity index (χ4v) is 8.17. The van der Waals surface area contributed by atoms with E-state index in [-0.39, 0.29) is 48.9 Å². The number of hydrogen-bond donors (Lipinski definition) is 4. The average molecular weight is 644 g/mol. The number of ether oxygens (including phenoxy) is 1. The fourth-order valence-electron chi connectivity index (χ4n) is 5.24. The SMILES string of the molecule is Nc1nc2c(ncn2C2O[C@@H]3COP(O)(=S)OC4CC(C4)n4c(nc5cncnc54)COP(=O)(S)O[C@@H]2C3)c(=O)[nH]1. The molecule has 0 aromatic carbocycles. The van der Waals surface area contributed by atoms with E-state index in [0.29, 0.717) is 29.8 Å². The molecule has 17 nitrogen and oxygen atoms in total. The molecule has 4 bridgehead atoms. The van der Waals surface area contributed by atoms with E-state index in [0.717, 1.165) is 0 Å². The Balaban J connectivity index is 1.24. The molecule has 0 spiro atoms. The van der Waals surface area contributed by atoms with Crippen LogP contribution >= 0.6 is 25.8 Å². The first-order valence-corrected chi connectivity index (χ1v) is 17.7. The Morgan fingerprint density at radius 3 is 2.80 bits per heavy atom. The quantitative estimate of drug-likeness (QED) is 0.172. The van der Waals surface area contributed by atoms with Gasteiger partial charge in [-0.25, -0.2) is 24.5 Å². The van der Waals surface area contributed by atoms with Gasteiger partial charge in [0.2, 0.25) is 5.95 Å². The van der Waals surface area contributed by atoms with Crippen LogP contribution in [-0.4, -0.2) is 68.9 Å². The summed E-state index contributed by atoms with van der Waals surface area (Å²) in [6.07, 6.45) is 2.49. The standard InChI is InChI=1S/C20H23N9O8P2S2/c21-20-26-17-15(18(30)27-20)24-8-28(17)19-13-3-11(35-19)5-33-38(31,40)36-10-1-9(2-10)29-14(6-34-39(32,41)37-13)25-12-4-22-7-23-16(12)29/h4,7-11,13,19H,1-3,5-6H2,(H,31,40)(H,32,41)(H3,21,26,27,30)/t9?,10?,11-,13+,19?,38?,39?/m0/s1. The number of aromatic amines is 1. The van der Waals surface area contributed by atoms with E-state index in [4.69, 9.17) is 40.4 Å². The molecule has 8 rings (SSSR count). The highest BCUT2D eigenvalue weighted by atomic mass is 32.7. The molecule has 1 aliphatic carbocycles. The van der Waals surface area contributed by atoms with Gasteiger partial charge in [0.15, 0.2) is 23.0 Å². The molecule has 218 valence electrons. The van der Waals surface area contributed by atoms with Gasteiger partial charge < -0.3 is 29.0 Å². The summed E-state index contributed by atoms with van der Waals surface area (Å²) in [4.78, 5) is 46.7. The van der Waals surface area contributed by atoms with Crippen molar-refractivity contribution in [3.63, 3.8) is 0 Å². The number of H-pyrrole nitrogens is 1. The molecule has 4 aliphatic rings. The second-order valence-electron chi connectivity index (χ2n) is 9.79. The number of thiol groups is 1. The van der Waals surface area contributed by atoms with E-state index in [1.807, 2.05) is 4.57 Å². The first-order valence-electron chi connectivity index (χ1n) is 12.4. The lowest BCUT2D eigenvalue weighted by Crippen LogP contribution is -2.34. The zero-order valence-corrected chi connectivity index (χ0v) is 24.4. The van der Waals surface area contributed by atoms with Gasteiger partial charge >= 0.3 is 13.5 Å². The number of rotatable bonds is 1. The summed E-state index contributed by atoms with van der Waals surface area (Å²) in [5, 5.41) is 0. The predicted octanol–water partition coefficient (Wildman–Crippen LogP) is 1.74. The van der Waals surface area contributed by atoms with Gasteiger partial charge in [-0.3, -0.25) is 23.4 Å². The molecule has 5 atom stereocenters. The minimum absolute atomic E-state index is 0.0187. The zero-order chi connectivity index (χ0) is 28.5. The average Bonchev–Trinajstić information content (AvgIpc) is 3.58. The third-order valence-electron chi connectivity index (χ3n) is 7.06. The van der Waals surface area contributed by atoms with Crippen LogP contribution in [-0.2, 0) is 45.8 Å². The Kier molecular flexibility index (Phi) is 6.81. The number of anilines is 1. The van der Waals surface area contributed by atoms with E-state index >= 15 is 0 Å². The fraction of sp³-hybridized carbons (Fsp3) is 0.500. The Hall–Kier alpha value is -2.31. The Morgan fingerprint density at radius 1 is 1.15 bits per heavy atom. The van der Waals surface area contributed by atoms with Crippen molar-refractivity contribution in [3.05, 3.63) is 35.0 Å². The molecule has 3 aliphatic heterocycles. The number of nitrogens with one attached hydrogen (secondary N) is 1. The van der Waals surface area contributed by atoms with Gasteiger partial charge in [-0.05, 0) is 24.6 Å². The molecule has 4 N–H and O–H groups in total. The number of fused-ring (bicyclic) bond motifs is 8. The van der Waals surface area contributed by atoms with Crippen LogP contribution in [0, 0.1) is 0 Å². The first kappa shape index (κ1) is 27.5. The molecule has 41 heavy (non-hydrogen) atoms. The molecule has 0 amide bonds. The molecular formula is C20H23N9O8P2S2. The van der Waals surface area contributed by atoms with Gasteiger partial charge in [-0.15, -0.1) is 0 Å². The number of nitrogens with zero attached hydrogens (tertiary/aromatic N) is 7. The van der Waals surface area contributed by atoms with Crippen molar-refractivity contribution in [2.24, 2.45) is 0 Å². The number of aromatic nitrogens is 8. The van der Waals surface area contributed by atoms with Crippen LogP contribution in [0.15, 0.2) is 23.6 Å². The van der Waals surface area contributed by atoms with Crippen molar-refractivity contribution in [2.75, 3.05) is 12.3 Å². The normalized spacial score (nSPS) is 34.4. The summed E-state index contributed by atoms with van der Waals surface area (Å²) in [5.74, 6) is 0.308. The lowest BCUT2D eigenvalue weighted by Gasteiger charge is -2.38. The Morgan fingerprint density at radius 2 is 1.98 bits per heavy atom. The van der Waals surface area contributed by atoms with Gasteiger partial charge in [0.1, 0.15) is 30.4 Å². The highest BCUT2D eigenvalue weighted by Gasteiger charge is 2.44. The zero-order valence-electron chi connectivity index (χ0n) is 20.9. The summed E-state index contributed by atoms with van der Waals surface area (Å²) in [7, 11) is 0. The van der Waals surface area contributed by atoms with Crippen molar-refractivity contribution < 1.29 is 32.3 Å². The van der Waals surface area contributed by atoms with Crippen LogP contribution in [0.3, 0.4) is 0 Å². The molecule has 4 aromatic heterocycles. The highest BCUT2D eigenvalue weighted by molar-refractivity contribution is 8.44. The van der Waals surface area contributed by atoms with Crippen molar-refractivity contribution >= 4 is 65.8 Å². The molecular weight excluding hydrogens is 620 g/mol. The lowest BCUT2D eigenvalue weighted by atomic mass is 9.89. The maximum absolute atomic E-state index is 13.5. The Bertz CT molecular complexity index is 1810. The van der Waals surface area contributed by atoms with E-state index in [1.165, 1.54) is 17.2 Å². The molecule has 1 saturated carbocycles. The van der Waals surface area contributed by atoms with Crippen molar-refractivity contribution in [1.82, 2.24) is 39.0 Å². The summed E-state index contributed by atoms with van der Waals surface area (Å²) in [6.45, 7) is -8.01.